The Bertz CT molecular complexity index is 596. The molecule has 0 spiro atoms. The number of amides is 1. The number of carboxylic acids is 1. The molecule has 6 nitrogen and oxygen atoms in total. The SMILES string of the molecule is Cc1cc(Cl)c(C)c(CC(NC(=O)OC(C)(C)C)C(=O)O)c1O. The Morgan fingerprint density at radius 2 is 1.91 bits per heavy atom. The third-order valence-electron chi connectivity index (χ3n) is 3.21. The van der Waals surface area contributed by atoms with E-state index in [0.717, 1.165) is 0 Å². The van der Waals surface area contributed by atoms with Gasteiger partial charge in [0.25, 0.3) is 0 Å². The first-order chi connectivity index (χ1) is 10.4. The number of carbonyl (C=O) groups is 2. The first-order valence-electron chi connectivity index (χ1n) is 7.12. The van der Waals surface area contributed by atoms with Gasteiger partial charge in [0.05, 0.1) is 0 Å². The predicted molar refractivity (Wildman–Crippen MR) is 87.1 cm³/mol. The van der Waals surface area contributed by atoms with Crippen molar-refractivity contribution in [3.8, 4) is 5.75 Å². The van der Waals surface area contributed by atoms with Crippen LogP contribution in [0.2, 0.25) is 5.02 Å². The molecule has 0 bridgehead atoms. The fourth-order valence-electron chi connectivity index (χ4n) is 2.03. The second-order valence-corrected chi connectivity index (χ2v) is 6.78. The van der Waals surface area contributed by atoms with Gasteiger partial charge in [0.1, 0.15) is 17.4 Å². The van der Waals surface area contributed by atoms with Crippen molar-refractivity contribution in [2.45, 2.75) is 52.7 Å². The highest BCUT2D eigenvalue weighted by molar-refractivity contribution is 6.31. The molecule has 1 aromatic carbocycles. The molecular weight excluding hydrogens is 322 g/mol. The molecule has 23 heavy (non-hydrogen) atoms. The number of benzene rings is 1. The summed E-state index contributed by atoms with van der Waals surface area (Å²) in [5.74, 6) is -1.25. The Balaban J connectivity index is 3.03. The maximum Gasteiger partial charge on any atom is 0.408 e. The number of ether oxygens (including phenoxy) is 1. The van der Waals surface area contributed by atoms with Crippen molar-refractivity contribution in [3.05, 3.63) is 27.8 Å². The summed E-state index contributed by atoms with van der Waals surface area (Å²) in [6, 6.07) is 0.361. The number of aromatic hydroxyl groups is 1. The number of aliphatic carboxylic acids is 1. The molecule has 0 aliphatic heterocycles. The molecule has 0 aliphatic carbocycles. The molecule has 3 N–H and O–H groups in total. The van der Waals surface area contributed by atoms with Crippen LogP contribution in [0.4, 0.5) is 4.79 Å². The maximum atomic E-state index is 11.8. The van der Waals surface area contributed by atoms with Gasteiger partial charge in [-0.2, -0.15) is 0 Å². The largest absolute Gasteiger partial charge is 0.507 e. The molecule has 1 amide bonds. The zero-order valence-electron chi connectivity index (χ0n) is 13.9. The number of phenolic OH excluding ortho intramolecular Hbond substituents is 1. The number of halogens is 1. The lowest BCUT2D eigenvalue weighted by Gasteiger charge is -2.23. The summed E-state index contributed by atoms with van der Waals surface area (Å²) in [6.07, 6.45) is -0.936. The van der Waals surface area contributed by atoms with Gasteiger partial charge in [-0.1, -0.05) is 11.6 Å². The molecule has 1 atom stereocenters. The van der Waals surface area contributed by atoms with Gasteiger partial charge in [0.15, 0.2) is 0 Å². The molecule has 0 fully saturated rings. The van der Waals surface area contributed by atoms with Gasteiger partial charge in [0, 0.05) is 17.0 Å². The summed E-state index contributed by atoms with van der Waals surface area (Å²) in [5, 5.41) is 22.2. The molecule has 0 saturated carbocycles. The smallest absolute Gasteiger partial charge is 0.408 e. The van der Waals surface area contributed by atoms with Crippen molar-refractivity contribution in [1.29, 1.82) is 0 Å². The number of hydrogen-bond donors (Lipinski definition) is 3. The van der Waals surface area contributed by atoms with Crippen LogP contribution in [0, 0.1) is 13.8 Å². The van der Waals surface area contributed by atoms with Crippen molar-refractivity contribution in [2.75, 3.05) is 0 Å². The Hall–Kier alpha value is -1.95. The fraction of sp³-hybridized carbons (Fsp3) is 0.500. The number of alkyl carbamates (subject to hydrolysis) is 1. The van der Waals surface area contributed by atoms with Crippen LogP contribution in [0.3, 0.4) is 0 Å². The summed E-state index contributed by atoms with van der Waals surface area (Å²) < 4.78 is 5.06. The van der Waals surface area contributed by atoms with Gasteiger partial charge in [-0.3, -0.25) is 0 Å². The zero-order valence-corrected chi connectivity index (χ0v) is 14.6. The quantitative estimate of drug-likeness (QED) is 0.780. The number of nitrogens with one attached hydrogen (secondary N) is 1. The van der Waals surface area contributed by atoms with E-state index in [9.17, 15) is 19.8 Å². The Labute approximate surface area is 140 Å². The monoisotopic (exact) mass is 343 g/mol. The molecule has 1 rings (SSSR count). The zero-order chi connectivity index (χ0) is 17.9. The Morgan fingerprint density at radius 3 is 2.39 bits per heavy atom. The van der Waals surface area contributed by atoms with Gasteiger partial charge in [-0.15, -0.1) is 0 Å². The standard InChI is InChI=1S/C16H22ClNO5/c1-8-6-11(17)9(2)10(13(8)19)7-12(14(20)21)18-15(22)23-16(3,4)5/h6,12,19H,7H2,1-5H3,(H,18,22)(H,20,21). The summed E-state index contributed by atoms with van der Waals surface area (Å²) in [4.78, 5) is 23.2. The van der Waals surface area contributed by atoms with Crippen LogP contribution < -0.4 is 5.32 Å². The molecule has 7 heteroatoms. The lowest BCUT2D eigenvalue weighted by atomic mass is 9.97. The van der Waals surface area contributed by atoms with Gasteiger partial charge < -0.3 is 20.3 Å². The summed E-state index contributed by atoms with van der Waals surface area (Å²) in [5.41, 5.74) is 0.764. The fourth-order valence-corrected chi connectivity index (χ4v) is 2.31. The normalized spacial score (nSPS) is 12.6. The van der Waals surface area contributed by atoms with Crippen molar-refractivity contribution >= 4 is 23.7 Å². The molecular formula is C16H22ClNO5. The van der Waals surface area contributed by atoms with Gasteiger partial charge in [-0.05, 0) is 51.8 Å². The number of aryl methyl sites for hydroxylation is 1. The lowest BCUT2D eigenvalue weighted by Crippen LogP contribution is -2.44. The summed E-state index contributed by atoms with van der Waals surface area (Å²) in [6.45, 7) is 8.39. The minimum Gasteiger partial charge on any atom is -0.507 e. The lowest BCUT2D eigenvalue weighted by molar-refractivity contribution is -0.139. The van der Waals surface area contributed by atoms with Gasteiger partial charge >= 0.3 is 12.1 Å². The van der Waals surface area contributed by atoms with Gasteiger partial charge in [-0.25, -0.2) is 9.59 Å². The van der Waals surface area contributed by atoms with Crippen LogP contribution in [-0.4, -0.2) is 33.9 Å². The van der Waals surface area contributed by atoms with E-state index in [0.29, 0.717) is 21.7 Å². The molecule has 0 aliphatic rings. The molecule has 1 aromatic rings. The minimum atomic E-state index is -1.24. The summed E-state index contributed by atoms with van der Waals surface area (Å²) >= 11 is 6.08. The highest BCUT2D eigenvalue weighted by atomic mass is 35.5. The highest BCUT2D eigenvalue weighted by Crippen LogP contribution is 2.32. The Morgan fingerprint density at radius 1 is 1.35 bits per heavy atom. The van der Waals surface area contributed by atoms with Crippen molar-refractivity contribution < 1.29 is 24.5 Å². The van der Waals surface area contributed by atoms with Crippen LogP contribution in [0.25, 0.3) is 0 Å². The second kappa shape index (κ2) is 7.08. The molecule has 1 unspecified atom stereocenters. The first-order valence-corrected chi connectivity index (χ1v) is 7.50. The predicted octanol–water partition coefficient (Wildman–Crippen LogP) is 3.18. The van der Waals surface area contributed by atoms with E-state index in [1.54, 1.807) is 40.7 Å². The van der Waals surface area contributed by atoms with Crippen molar-refractivity contribution in [1.82, 2.24) is 5.32 Å². The van der Waals surface area contributed by atoms with E-state index in [-0.39, 0.29) is 12.2 Å². The number of carbonyl (C=O) groups excluding carboxylic acids is 1. The highest BCUT2D eigenvalue weighted by Gasteiger charge is 2.26. The van der Waals surface area contributed by atoms with E-state index < -0.39 is 23.7 Å². The maximum absolute atomic E-state index is 11.8. The number of phenols is 1. The molecule has 0 radical (unpaired) electrons. The summed E-state index contributed by atoms with van der Waals surface area (Å²) in [7, 11) is 0. The third-order valence-corrected chi connectivity index (χ3v) is 3.60. The van der Waals surface area contributed by atoms with E-state index in [1.165, 1.54) is 0 Å². The van der Waals surface area contributed by atoms with Crippen LogP contribution in [0.15, 0.2) is 6.07 Å². The average Bonchev–Trinajstić information content (AvgIpc) is 2.37. The third kappa shape index (κ3) is 5.32. The Kier molecular flexibility index (Phi) is 5.88. The average molecular weight is 344 g/mol. The molecule has 0 saturated heterocycles. The van der Waals surface area contributed by atoms with Crippen LogP contribution in [-0.2, 0) is 16.0 Å². The van der Waals surface area contributed by atoms with Gasteiger partial charge in [0.2, 0.25) is 0 Å². The molecule has 128 valence electrons. The van der Waals surface area contributed by atoms with Crippen molar-refractivity contribution in [2.24, 2.45) is 0 Å². The topological polar surface area (TPSA) is 95.9 Å². The van der Waals surface area contributed by atoms with E-state index in [2.05, 4.69) is 5.32 Å². The number of hydrogen-bond acceptors (Lipinski definition) is 4. The van der Waals surface area contributed by atoms with E-state index in [1.807, 2.05) is 0 Å². The van der Waals surface area contributed by atoms with Crippen molar-refractivity contribution in [3.63, 3.8) is 0 Å². The van der Waals surface area contributed by atoms with E-state index >= 15 is 0 Å². The van der Waals surface area contributed by atoms with E-state index in [4.69, 9.17) is 16.3 Å². The molecule has 0 aromatic heterocycles. The minimum absolute atomic E-state index is 0.0239. The number of carboxylic acid groups (broad SMARTS) is 1. The number of rotatable bonds is 4. The second-order valence-electron chi connectivity index (χ2n) is 6.37. The van der Waals surface area contributed by atoms with Crippen LogP contribution in [0.1, 0.15) is 37.5 Å². The van der Waals surface area contributed by atoms with Crippen LogP contribution >= 0.6 is 11.6 Å². The first kappa shape index (κ1) is 19.1. The van der Waals surface area contributed by atoms with Crippen LogP contribution in [0.5, 0.6) is 5.75 Å². The molecule has 0 heterocycles.